The van der Waals surface area contributed by atoms with Crippen molar-refractivity contribution in [1.82, 2.24) is 0 Å². The van der Waals surface area contributed by atoms with Crippen LogP contribution in [0.5, 0.6) is 5.75 Å². The molecular weight excluding hydrogens is 226 g/mol. The van der Waals surface area contributed by atoms with Crippen LogP contribution >= 0.6 is 0 Å². The summed E-state index contributed by atoms with van der Waals surface area (Å²) in [6.07, 6.45) is 3.25. The molecule has 1 aliphatic rings. The molecule has 0 spiro atoms. The average molecular weight is 249 g/mol. The van der Waals surface area contributed by atoms with E-state index in [9.17, 15) is 0 Å². The highest BCUT2D eigenvalue weighted by atomic mass is 16.5. The molecule has 0 saturated heterocycles. The monoisotopic (exact) mass is 249 g/mol. The van der Waals surface area contributed by atoms with E-state index in [2.05, 4.69) is 19.9 Å². The lowest BCUT2D eigenvalue weighted by Gasteiger charge is -2.45. The highest BCUT2D eigenvalue weighted by molar-refractivity contribution is 5.46. The number of rotatable bonds is 4. The molecule has 1 atom stereocenters. The van der Waals surface area contributed by atoms with Crippen molar-refractivity contribution in [2.45, 2.75) is 44.8 Å². The fourth-order valence-electron chi connectivity index (χ4n) is 2.94. The fourth-order valence-corrected chi connectivity index (χ4v) is 2.94. The number of ether oxygens (including phenoxy) is 2. The number of aryl methyl sites for hydroxylation is 2. The lowest BCUT2D eigenvalue weighted by Crippen LogP contribution is -2.49. The van der Waals surface area contributed by atoms with E-state index in [1.165, 1.54) is 17.5 Å². The van der Waals surface area contributed by atoms with Crippen LogP contribution in [0.3, 0.4) is 0 Å². The molecule has 0 amide bonds. The summed E-state index contributed by atoms with van der Waals surface area (Å²) in [5, 5.41) is 0. The molecule has 0 heterocycles. The number of hydrogen-bond acceptors (Lipinski definition) is 3. The number of benzene rings is 1. The molecule has 2 rings (SSSR count). The van der Waals surface area contributed by atoms with Gasteiger partial charge in [0.15, 0.2) is 0 Å². The minimum atomic E-state index is -0.201. The maximum Gasteiger partial charge on any atom is 0.124 e. The Morgan fingerprint density at radius 1 is 1.22 bits per heavy atom. The van der Waals surface area contributed by atoms with Gasteiger partial charge in [0.25, 0.3) is 0 Å². The van der Waals surface area contributed by atoms with E-state index in [-0.39, 0.29) is 11.6 Å². The minimum Gasteiger partial charge on any atom is -0.496 e. The Balaban J connectivity index is 2.43. The Labute approximate surface area is 109 Å². The van der Waals surface area contributed by atoms with Gasteiger partial charge in [-0.1, -0.05) is 6.07 Å². The van der Waals surface area contributed by atoms with Gasteiger partial charge in [-0.25, -0.2) is 0 Å². The van der Waals surface area contributed by atoms with Crippen LogP contribution in [0.1, 0.15) is 42.0 Å². The first-order valence-corrected chi connectivity index (χ1v) is 6.50. The van der Waals surface area contributed by atoms with Crippen molar-refractivity contribution in [3.8, 4) is 5.75 Å². The van der Waals surface area contributed by atoms with Crippen LogP contribution in [0.15, 0.2) is 12.1 Å². The number of methoxy groups -OCH3 is 2. The predicted molar refractivity (Wildman–Crippen MR) is 73.0 cm³/mol. The molecule has 2 N–H and O–H groups in total. The van der Waals surface area contributed by atoms with E-state index in [1.807, 2.05) is 6.07 Å². The SMILES string of the molecule is COc1cc(C)cc(C)c1C(N)C1(OC)CCC1. The van der Waals surface area contributed by atoms with Gasteiger partial charge < -0.3 is 15.2 Å². The first-order valence-electron chi connectivity index (χ1n) is 6.50. The number of nitrogens with two attached hydrogens (primary N) is 1. The van der Waals surface area contributed by atoms with Gasteiger partial charge in [0.05, 0.1) is 18.8 Å². The van der Waals surface area contributed by atoms with E-state index < -0.39 is 0 Å². The first kappa shape index (κ1) is 13.4. The molecule has 3 heteroatoms. The summed E-state index contributed by atoms with van der Waals surface area (Å²) in [5.41, 5.74) is 9.73. The third-order valence-corrected chi connectivity index (χ3v) is 4.20. The van der Waals surface area contributed by atoms with Crippen molar-refractivity contribution in [2.24, 2.45) is 5.73 Å². The van der Waals surface area contributed by atoms with Crippen molar-refractivity contribution < 1.29 is 9.47 Å². The van der Waals surface area contributed by atoms with Crippen LogP contribution < -0.4 is 10.5 Å². The second-order valence-electron chi connectivity index (χ2n) is 5.30. The Bertz CT molecular complexity index is 433. The van der Waals surface area contributed by atoms with Gasteiger partial charge in [0.1, 0.15) is 5.75 Å². The summed E-state index contributed by atoms with van der Waals surface area (Å²) in [6, 6.07) is 4.08. The minimum absolute atomic E-state index is 0.119. The second kappa shape index (κ2) is 4.90. The van der Waals surface area contributed by atoms with Gasteiger partial charge in [-0.3, -0.25) is 0 Å². The van der Waals surface area contributed by atoms with Gasteiger partial charge in [0.2, 0.25) is 0 Å². The lowest BCUT2D eigenvalue weighted by atomic mass is 9.71. The molecule has 1 aliphatic carbocycles. The van der Waals surface area contributed by atoms with Crippen molar-refractivity contribution >= 4 is 0 Å². The molecule has 0 aromatic heterocycles. The quantitative estimate of drug-likeness (QED) is 0.892. The normalized spacial score (nSPS) is 19.2. The fraction of sp³-hybridized carbons (Fsp3) is 0.600. The van der Waals surface area contributed by atoms with Gasteiger partial charge in [-0.2, -0.15) is 0 Å². The predicted octanol–water partition coefficient (Wildman–Crippen LogP) is 2.88. The Morgan fingerprint density at radius 2 is 1.89 bits per heavy atom. The molecule has 1 saturated carbocycles. The zero-order valence-corrected chi connectivity index (χ0v) is 11.7. The van der Waals surface area contributed by atoms with Gasteiger partial charge in [0, 0.05) is 12.7 Å². The molecule has 1 aromatic carbocycles. The van der Waals surface area contributed by atoms with Crippen LogP contribution in [0.4, 0.5) is 0 Å². The van der Waals surface area contributed by atoms with Crippen LogP contribution in [0.2, 0.25) is 0 Å². The summed E-state index contributed by atoms with van der Waals surface area (Å²) in [7, 11) is 3.46. The average Bonchev–Trinajstić information content (AvgIpc) is 2.26. The first-order chi connectivity index (χ1) is 8.54. The lowest BCUT2D eigenvalue weighted by molar-refractivity contribution is -0.0916. The molecular formula is C15H23NO2. The van der Waals surface area contributed by atoms with Crippen molar-refractivity contribution in [3.05, 3.63) is 28.8 Å². The molecule has 3 nitrogen and oxygen atoms in total. The Kier molecular flexibility index (Phi) is 3.64. The van der Waals surface area contributed by atoms with E-state index >= 15 is 0 Å². The van der Waals surface area contributed by atoms with Gasteiger partial charge in [-0.05, 0) is 50.3 Å². The smallest absolute Gasteiger partial charge is 0.124 e. The Hall–Kier alpha value is -1.06. The molecule has 1 fully saturated rings. The summed E-state index contributed by atoms with van der Waals surface area (Å²) in [4.78, 5) is 0. The largest absolute Gasteiger partial charge is 0.496 e. The van der Waals surface area contributed by atoms with Crippen LogP contribution in [-0.4, -0.2) is 19.8 Å². The Morgan fingerprint density at radius 3 is 2.33 bits per heavy atom. The van der Waals surface area contributed by atoms with Crippen molar-refractivity contribution in [2.75, 3.05) is 14.2 Å². The summed E-state index contributed by atoms with van der Waals surface area (Å²) >= 11 is 0. The van der Waals surface area contributed by atoms with Crippen LogP contribution in [0.25, 0.3) is 0 Å². The zero-order chi connectivity index (χ0) is 13.3. The van der Waals surface area contributed by atoms with Crippen LogP contribution in [0, 0.1) is 13.8 Å². The third kappa shape index (κ3) is 2.02. The zero-order valence-electron chi connectivity index (χ0n) is 11.7. The standard InChI is InChI=1S/C15H23NO2/c1-10-8-11(2)13(12(9-10)17-3)14(16)15(18-4)6-5-7-15/h8-9,14H,5-7,16H2,1-4H3. The molecule has 0 aliphatic heterocycles. The number of hydrogen-bond donors (Lipinski definition) is 1. The molecule has 1 unspecified atom stereocenters. The van der Waals surface area contributed by atoms with E-state index in [1.54, 1.807) is 14.2 Å². The summed E-state index contributed by atoms with van der Waals surface area (Å²) in [5.74, 6) is 0.878. The second-order valence-corrected chi connectivity index (χ2v) is 5.30. The molecule has 18 heavy (non-hydrogen) atoms. The molecule has 1 aromatic rings. The van der Waals surface area contributed by atoms with E-state index in [4.69, 9.17) is 15.2 Å². The molecule has 0 radical (unpaired) electrons. The highest BCUT2D eigenvalue weighted by Crippen LogP contribution is 2.46. The maximum atomic E-state index is 6.47. The topological polar surface area (TPSA) is 44.5 Å². The van der Waals surface area contributed by atoms with E-state index in [0.717, 1.165) is 24.2 Å². The van der Waals surface area contributed by atoms with E-state index in [0.29, 0.717) is 0 Å². The summed E-state index contributed by atoms with van der Waals surface area (Å²) in [6.45, 7) is 4.16. The molecule has 100 valence electrons. The maximum absolute atomic E-state index is 6.47. The summed E-state index contributed by atoms with van der Waals surface area (Å²) < 4.78 is 11.2. The van der Waals surface area contributed by atoms with Gasteiger partial charge in [-0.15, -0.1) is 0 Å². The van der Waals surface area contributed by atoms with Gasteiger partial charge >= 0.3 is 0 Å². The van der Waals surface area contributed by atoms with Crippen LogP contribution in [-0.2, 0) is 4.74 Å². The third-order valence-electron chi connectivity index (χ3n) is 4.20. The van der Waals surface area contributed by atoms with Crippen molar-refractivity contribution in [1.29, 1.82) is 0 Å². The van der Waals surface area contributed by atoms with Crippen molar-refractivity contribution in [3.63, 3.8) is 0 Å². The highest BCUT2D eigenvalue weighted by Gasteiger charge is 2.44. The molecule has 0 bridgehead atoms.